The maximum atomic E-state index is 5.80. The van der Waals surface area contributed by atoms with E-state index in [1.54, 1.807) is 24.6 Å². The van der Waals surface area contributed by atoms with Crippen LogP contribution in [0, 0.1) is 18.6 Å². The van der Waals surface area contributed by atoms with Crippen molar-refractivity contribution in [2.45, 2.75) is 20.5 Å². The van der Waals surface area contributed by atoms with Crippen LogP contribution in [0.4, 0.5) is 0 Å². The molecule has 23 heavy (non-hydrogen) atoms. The minimum absolute atomic E-state index is 0.255. The average Bonchev–Trinajstić information content (AvgIpc) is 3.12. The summed E-state index contributed by atoms with van der Waals surface area (Å²) in [5.74, 6) is 2.00. The predicted octanol–water partition coefficient (Wildman–Crippen LogP) is 3.61. The summed E-state index contributed by atoms with van der Waals surface area (Å²) in [4.78, 5) is 0. The lowest BCUT2D eigenvalue weighted by Gasteiger charge is -2.07. The van der Waals surface area contributed by atoms with Gasteiger partial charge in [0.15, 0.2) is 5.82 Å². The Labute approximate surface area is 138 Å². The van der Waals surface area contributed by atoms with Gasteiger partial charge in [0.1, 0.15) is 18.1 Å². The smallest absolute Gasteiger partial charge is 0.216 e. The van der Waals surface area contributed by atoms with E-state index < -0.39 is 0 Å². The number of hydrogen-bond donors (Lipinski definition) is 1. The van der Waals surface area contributed by atoms with Crippen molar-refractivity contribution in [3.05, 3.63) is 64.1 Å². The summed E-state index contributed by atoms with van der Waals surface area (Å²) < 4.78 is 12.9. The molecular formula is C16H16N4O2S. The van der Waals surface area contributed by atoms with Crippen LogP contribution >= 0.6 is 12.2 Å². The van der Waals surface area contributed by atoms with E-state index in [-0.39, 0.29) is 6.61 Å². The molecule has 7 heteroatoms. The molecule has 0 bridgehead atoms. The highest BCUT2D eigenvalue weighted by molar-refractivity contribution is 7.71. The number of H-pyrrole nitrogens is 1. The van der Waals surface area contributed by atoms with Gasteiger partial charge >= 0.3 is 0 Å². The standard InChI is InChI=1S/C16H16N4O2S/c1-11-6-12(2)8-14(7-11)22-10-15-18-19-16(23)20(15)17-9-13-4-3-5-21-13/h3-9H,10H2,1-2H3,(H,19,23)/b17-9-. The largest absolute Gasteiger partial charge is 0.486 e. The van der Waals surface area contributed by atoms with Gasteiger partial charge in [0, 0.05) is 0 Å². The van der Waals surface area contributed by atoms with Crippen molar-refractivity contribution in [1.82, 2.24) is 14.9 Å². The van der Waals surface area contributed by atoms with E-state index in [2.05, 4.69) is 21.4 Å². The van der Waals surface area contributed by atoms with E-state index in [9.17, 15) is 0 Å². The minimum atomic E-state index is 0.255. The number of nitrogens with zero attached hydrogens (tertiary/aromatic N) is 3. The van der Waals surface area contributed by atoms with E-state index in [0.29, 0.717) is 16.4 Å². The summed E-state index contributed by atoms with van der Waals surface area (Å²) in [6.45, 7) is 4.32. The number of benzene rings is 1. The second-order valence-corrected chi connectivity index (χ2v) is 5.52. The molecule has 0 spiro atoms. The molecule has 2 heterocycles. The fraction of sp³-hybridized carbons (Fsp3) is 0.188. The molecule has 6 nitrogen and oxygen atoms in total. The van der Waals surface area contributed by atoms with Crippen LogP contribution < -0.4 is 4.74 Å². The van der Waals surface area contributed by atoms with Gasteiger partial charge in [-0.25, -0.2) is 5.10 Å². The Morgan fingerprint density at radius 3 is 2.83 bits per heavy atom. The normalized spacial score (nSPS) is 11.2. The van der Waals surface area contributed by atoms with Crippen LogP contribution in [0.3, 0.4) is 0 Å². The molecule has 0 saturated carbocycles. The van der Waals surface area contributed by atoms with E-state index in [4.69, 9.17) is 21.4 Å². The highest BCUT2D eigenvalue weighted by atomic mass is 32.1. The first-order valence-electron chi connectivity index (χ1n) is 7.07. The third-order valence-corrected chi connectivity index (χ3v) is 3.39. The molecule has 0 saturated heterocycles. The number of nitrogens with one attached hydrogen (secondary N) is 1. The topological polar surface area (TPSA) is 68.3 Å². The summed E-state index contributed by atoms with van der Waals surface area (Å²) in [5, 5.41) is 11.1. The van der Waals surface area contributed by atoms with Crippen LogP contribution in [0.25, 0.3) is 0 Å². The highest BCUT2D eigenvalue weighted by Gasteiger charge is 2.07. The van der Waals surface area contributed by atoms with Gasteiger partial charge in [-0.3, -0.25) is 0 Å². The minimum Gasteiger partial charge on any atom is -0.486 e. The van der Waals surface area contributed by atoms with E-state index in [1.807, 2.05) is 26.0 Å². The number of aromatic amines is 1. The van der Waals surface area contributed by atoms with E-state index in [1.165, 1.54) is 4.68 Å². The first-order valence-corrected chi connectivity index (χ1v) is 7.48. The van der Waals surface area contributed by atoms with Crippen LogP contribution in [0.2, 0.25) is 0 Å². The quantitative estimate of drug-likeness (QED) is 0.574. The lowest BCUT2D eigenvalue weighted by atomic mass is 10.1. The van der Waals surface area contributed by atoms with Crippen molar-refractivity contribution >= 4 is 18.4 Å². The number of aryl methyl sites for hydroxylation is 2. The monoisotopic (exact) mass is 328 g/mol. The molecule has 1 aromatic carbocycles. The van der Waals surface area contributed by atoms with Crippen molar-refractivity contribution < 1.29 is 9.15 Å². The SMILES string of the molecule is Cc1cc(C)cc(OCc2n[nH]c(=S)n2/N=C\c2ccco2)c1. The molecule has 0 aliphatic carbocycles. The number of furan rings is 1. The van der Waals surface area contributed by atoms with Crippen LogP contribution in [0.15, 0.2) is 46.1 Å². The van der Waals surface area contributed by atoms with Gasteiger partial charge in [0.05, 0.1) is 12.5 Å². The summed E-state index contributed by atoms with van der Waals surface area (Å²) in [5.41, 5.74) is 2.30. The lowest BCUT2D eigenvalue weighted by Crippen LogP contribution is -2.04. The average molecular weight is 328 g/mol. The Bertz CT molecular complexity index is 858. The molecule has 2 aromatic heterocycles. The van der Waals surface area contributed by atoms with Crippen LogP contribution in [-0.2, 0) is 6.61 Å². The Morgan fingerprint density at radius 1 is 1.35 bits per heavy atom. The molecule has 0 aliphatic rings. The number of rotatable bonds is 5. The maximum Gasteiger partial charge on any atom is 0.216 e. The van der Waals surface area contributed by atoms with Crippen LogP contribution in [0.1, 0.15) is 22.7 Å². The van der Waals surface area contributed by atoms with Crippen LogP contribution in [-0.4, -0.2) is 21.1 Å². The molecule has 118 valence electrons. The zero-order valence-electron chi connectivity index (χ0n) is 12.8. The van der Waals surface area contributed by atoms with Crippen LogP contribution in [0.5, 0.6) is 5.75 Å². The zero-order valence-corrected chi connectivity index (χ0v) is 13.6. The van der Waals surface area contributed by atoms with Crippen molar-refractivity contribution in [3.63, 3.8) is 0 Å². The molecule has 0 fully saturated rings. The molecule has 0 unspecified atom stereocenters. The second-order valence-electron chi connectivity index (χ2n) is 5.13. The van der Waals surface area contributed by atoms with Crippen molar-refractivity contribution in [3.8, 4) is 5.75 Å². The molecule has 0 aliphatic heterocycles. The third kappa shape index (κ3) is 3.75. The molecule has 3 aromatic rings. The van der Waals surface area contributed by atoms with Gasteiger partial charge in [0.25, 0.3) is 0 Å². The van der Waals surface area contributed by atoms with Gasteiger partial charge < -0.3 is 9.15 Å². The predicted molar refractivity (Wildman–Crippen MR) is 89.4 cm³/mol. The van der Waals surface area contributed by atoms with Gasteiger partial charge in [-0.1, -0.05) is 6.07 Å². The maximum absolute atomic E-state index is 5.80. The lowest BCUT2D eigenvalue weighted by molar-refractivity contribution is 0.290. The van der Waals surface area contributed by atoms with Crippen molar-refractivity contribution in [2.75, 3.05) is 0 Å². The fourth-order valence-corrected chi connectivity index (χ4v) is 2.38. The summed E-state index contributed by atoms with van der Waals surface area (Å²) in [7, 11) is 0. The van der Waals surface area contributed by atoms with Gasteiger partial charge in [-0.15, -0.1) is 0 Å². The molecule has 3 rings (SSSR count). The molecule has 0 radical (unpaired) electrons. The molecule has 0 amide bonds. The summed E-state index contributed by atoms with van der Waals surface area (Å²) in [6.07, 6.45) is 3.16. The first-order chi connectivity index (χ1) is 11.1. The number of ether oxygens (including phenoxy) is 1. The van der Waals surface area contributed by atoms with E-state index >= 15 is 0 Å². The molecular weight excluding hydrogens is 312 g/mol. The zero-order chi connectivity index (χ0) is 16.2. The second kappa shape index (κ2) is 6.62. The Kier molecular flexibility index (Phi) is 4.38. The summed E-state index contributed by atoms with van der Waals surface area (Å²) >= 11 is 5.19. The Balaban J connectivity index is 1.77. The number of hydrogen-bond acceptors (Lipinski definition) is 5. The Hall–Kier alpha value is -2.67. The third-order valence-electron chi connectivity index (χ3n) is 3.12. The summed E-state index contributed by atoms with van der Waals surface area (Å²) in [6, 6.07) is 9.64. The molecule has 0 atom stereocenters. The van der Waals surface area contributed by atoms with Crippen molar-refractivity contribution in [2.24, 2.45) is 5.10 Å². The van der Waals surface area contributed by atoms with Gasteiger partial charge in [-0.05, 0) is 61.5 Å². The Morgan fingerprint density at radius 2 is 2.13 bits per heavy atom. The van der Waals surface area contributed by atoms with Gasteiger partial charge in [-0.2, -0.15) is 14.9 Å². The van der Waals surface area contributed by atoms with E-state index in [0.717, 1.165) is 16.9 Å². The molecule has 1 N–H and O–H groups in total. The van der Waals surface area contributed by atoms with Crippen molar-refractivity contribution in [1.29, 1.82) is 0 Å². The first kappa shape index (κ1) is 15.2. The van der Waals surface area contributed by atoms with Gasteiger partial charge in [0.2, 0.25) is 4.77 Å². The fourth-order valence-electron chi connectivity index (χ4n) is 2.18. The number of aromatic nitrogens is 3. The highest BCUT2D eigenvalue weighted by Crippen LogP contribution is 2.17.